The standard InChI is InChI=1S/C17H19N3O3S/c1-13-6-8-14(9-7-13)18-17(21)19-15-4-2-5-16(12-15)20-10-3-11-24(20,22)23/h2,4-9,12H,3,10-11H2,1H3,(H2,18,19,21). The summed E-state index contributed by atoms with van der Waals surface area (Å²) in [6.45, 7) is 2.45. The van der Waals surface area contributed by atoms with E-state index in [9.17, 15) is 13.2 Å². The van der Waals surface area contributed by atoms with E-state index in [1.807, 2.05) is 31.2 Å². The topological polar surface area (TPSA) is 78.5 Å². The maximum atomic E-state index is 12.1. The first-order chi connectivity index (χ1) is 11.4. The summed E-state index contributed by atoms with van der Waals surface area (Å²) in [5.74, 6) is 0.165. The van der Waals surface area contributed by atoms with Crippen molar-refractivity contribution < 1.29 is 13.2 Å². The molecular formula is C17H19N3O3S. The molecule has 1 aliphatic heterocycles. The van der Waals surface area contributed by atoms with Crippen molar-refractivity contribution in [1.82, 2.24) is 0 Å². The van der Waals surface area contributed by atoms with E-state index in [2.05, 4.69) is 10.6 Å². The smallest absolute Gasteiger partial charge is 0.308 e. The zero-order valence-corrected chi connectivity index (χ0v) is 14.1. The highest BCUT2D eigenvalue weighted by Gasteiger charge is 2.28. The van der Waals surface area contributed by atoms with Crippen LogP contribution >= 0.6 is 0 Å². The van der Waals surface area contributed by atoms with Gasteiger partial charge in [-0.05, 0) is 43.7 Å². The first-order valence-electron chi connectivity index (χ1n) is 7.69. The maximum Gasteiger partial charge on any atom is 0.323 e. The third-order valence-electron chi connectivity index (χ3n) is 3.80. The summed E-state index contributed by atoms with van der Waals surface area (Å²) in [6.07, 6.45) is 0.619. The second kappa shape index (κ2) is 6.52. The Morgan fingerprint density at radius 2 is 1.75 bits per heavy atom. The lowest BCUT2D eigenvalue weighted by atomic mass is 10.2. The van der Waals surface area contributed by atoms with E-state index in [1.54, 1.807) is 24.3 Å². The van der Waals surface area contributed by atoms with Crippen molar-refractivity contribution in [1.29, 1.82) is 0 Å². The van der Waals surface area contributed by atoms with Crippen LogP contribution in [-0.2, 0) is 10.0 Å². The van der Waals surface area contributed by atoms with Crippen LogP contribution in [0.25, 0.3) is 0 Å². The minimum absolute atomic E-state index is 0.165. The third kappa shape index (κ3) is 3.68. The first-order valence-corrected chi connectivity index (χ1v) is 9.30. The Balaban J connectivity index is 1.70. The summed E-state index contributed by atoms with van der Waals surface area (Å²) in [4.78, 5) is 12.1. The second-order valence-electron chi connectivity index (χ2n) is 5.74. The number of urea groups is 1. The first kappa shape index (κ1) is 16.3. The van der Waals surface area contributed by atoms with Gasteiger partial charge in [0.05, 0.1) is 11.4 Å². The molecule has 1 heterocycles. The van der Waals surface area contributed by atoms with Gasteiger partial charge in [-0.2, -0.15) is 0 Å². The summed E-state index contributed by atoms with van der Waals surface area (Å²) in [5.41, 5.74) is 2.91. The van der Waals surface area contributed by atoms with Crippen molar-refractivity contribution in [2.75, 3.05) is 27.2 Å². The fourth-order valence-corrected chi connectivity index (χ4v) is 4.15. The zero-order valence-electron chi connectivity index (χ0n) is 13.3. The summed E-state index contributed by atoms with van der Waals surface area (Å²) < 4.78 is 25.4. The van der Waals surface area contributed by atoms with E-state index in [0.29, 0.717) is 30.0 Å². The highest BCUT2D eigenvalue weighted by Crippen LogP contribution is 2.26. The molecule has 0 unspecified atom stereocenters. The number of carbonyl (C=O) groups excluding carboxylic acids is 1. The highest BCUT2D eigenvalue weighted by atomic mass is 32.2. The molecule has 6 nitrogen and oxygen atoms in total. The van der Waals surface area contributed by atoms with Crippen molar-refractivity contribution in [2.45, 2.75) is 13.3 Å². The molecular weight excluding hydrogens is 326 g/mol. The Morgan fingerprint density at radius 3 is 2.42 bits per heavy atom. The third-order valence-corrected chi connectivity index (χ3v) is 5.67. The number of rotatable bonds is 3. The van der Waals surface area contributed by atoms with Crippen molar-refractivity contribution in [3.8, 4) is 0 Å². The van der Waals surface area contributed by atoms with Crippen molar-refractivity contribution in [3.05, 3.63) is 54.1 Å². The van der Waals surface area contributed by atoms with Gasteiger partial charge in [0, 0.05) is 17.9 Å². The monoisotopic (exact) mass is 345 g/mol. The number of nitrogens with one attached hydrogen (secondary N) is 2. The van der Waals surface area contributed by atoms with E-state index < -0.39 is 10.0 Å². The lowest BCUT2D eigenvalue weighted by Crippen LogP contribution is -2.25. The summed E-state index contributed by atoms with van der Waals surface area (Å²) in [5, 5.41) is 5.47. The van der Waals surface area contributed by atoms with Gasteiger partial charge in [0.25, 0.3) is 0 Å². The number of hydrogen-bond donors (Lipinski definition) is 2. The molecule has 24 heavy (non-hydrogen) atoms. The molecule has 0 bridgehead atoms. The van der Waals surface area contributed by atoms with Crippen molar-refractivity contribution >= 4 is 33.1 Å². The van der Waals surface area contributed by atoms with Crippen LogP contribution in [0.2, 0.25) is 0 Å². The van der Waals surface area contributed by atoms with Crippen LogP contribution in [0.1, 0.15) is 12.0 Å². The fourth-order valence-electron chi connectivity index (χ4n) is 2.60. The Kier molecular flexibility index (Phi) is 4.44. The molecule has 0 aromatic heterocycles. The van der Waals surface area contributed by atoms with Gasteiger partial charge in [-0.3, -0.25) is 4.31 Å². The summed E-state index contributed by atoms with van der Waals surface area (Å²) >= 11 is 0. The predicted octanol–water partition coefficient (Wildman–Crippen LogP) is 3.18. The largest absolute Gasteiger partial charge is 0.323 e. The number of nitrogens with zero attached hydrogens (tertiary/aromatic N) is 1. The van der Waals surface area contributed by atoms with Crippen LogP contribution in [-0.4, -0.2) is 26.7 Å². The quantitative estimate of drug-likeness (QED) is 0.897. The van der Waals surface area contributed by atoms with Gasteiger partial charge in [-0.25, -0.2) is 13.2 Å². The molecule has 0 radical (unpaired) electrons. The molecule has 126 valence electrons. The van der Waals surface area contributed by atoms with Gasteiger partial charge >= 0.3 is 6.03 Å². The molecule has 3 rings (SSSR count). The Bertz CT molecular complexity index is 848. The number of aryl methyl sites for hydroxylation is 1. The average molecular weight is 345 g/mol. The molecule has 2 amide bonds. The molecule has 0 atom stereocenters. The van der Waals surface area contributed by atoms with E-state index in [0.717, 1.165) is 5.56 Å². The van der Waals surface area contributed by atoms with Crippen LogP contribution in [0.4, 0.5) is 21.9 Å². The SMILES string of the molecule is Cc1ccc(NC(=O)Nc2cccc(N3CCCS3(=O)=O)c2)cc1. The van der Waals surface area contributed by atoms with Crippen molar-refractivity contribution in [2.24, 2.45) is 0 Å². The second-order valence-corrected chi connectivity index (χ2v) is 7.75. The fraction of sp³-hybridized carbons (Fsp3) is 0.235. The summed E-state index contributed by atoms with van der Waals surface area (Å²) in [7, 11) is -3.23. The maximum absolute atomic E-state index is 12.1. The Morgan fingerprint density at radius 1 is 1.04 bits per heavy atom. The molecule has 1 saturated heterocycles. The molecule has 2 N–H and O–H groups in total. The molecule has 7 heteroatoms. The Hall–Kier alpha value is -2.54. The number of benzene rings is 2. The molecule has 0 saturated carbocycles. The molecule has 0 aliphatic carbocycles. The molecule has 1 aliphatic rings. The van der Waals surface area contributed by atoms with Gasteiger partial charge in [-0.15, -0.1) is 0 Å². The van der Waals surface area contributed by atoms with Crippen LogP contribution < -0.4 is 14.9 Å². The van der Waals surface area contributed by atoms with Crippen molar-refractivity contribution in [3.63, 3.8) is 0 Å². The minimum Gasteiger partial charge on any atom is -0.308 e. The highest BCUT2D eigenvalue weighted by molar-refractivity contribution is 7.93. The number of amides is 2. The normalized spacial score (nSPS) is 16.0. The number of anilines is 3. The van der Waals surface area contributed by atoms with E-state index in [-0.39, 0.29) is 11.8 Å². The van der Waals surface area contributed by atoms with E-state index in [4.69, 9.17) is 0 Å². The average Bonchev–Trinajstić information content (AvgIpc) is 2.89. The van der Waals surface area contributed by atoms with Gasteiger partial charge in [0.15, 0.2) is 0 Å². The van der Waals surface area contributed by atoms with Crippen LogP contribution in [0.15, 0.2) is 48.5 Å². The molecule has 2 aromatic carbocycles. The van der Waals surface area contributed by atoms with Gasteiger partial charge < -0.3 is 10.6 Å². The predicted molar refractivity (Wildman–Crippen MR) is 96.0 cm³/mol. The Labute approximate surface area is 141 Å². The molecule has 2 aromatic rings. The number of sulfonamides is 1. The van der Waals surface area contributed by atoms with Crippen LogP contribution in [0.3, 0.4) is 0 Å². The zero-order chi connectivity index (χ0) is 17.2. The van der Waals surface area contributed by atoms with Gasteiger partial charge in [-0.1, -0.05) is 23.8 Å². The number of hydrogen-bond acceptors (Lipinski definition) is 3. The van der Waals surface area contributed by atoms with Crippen LogP contribution in [0.5, 0.6) is 0 Å². The van der Waals surface area contributed by atoms with Crippen LogP contribution in [0, 0.1) is 6.92 Å². The lowest BCUT2D eigenvalue weighted by molar-refractivity contribution is 0.262. The number of carbonyl (C=O) groups is 1. The van der Waals surface area contributed by atoms with E-state index in [1.165, 1.54) is 4.31 Å². The van der Waals surface area contributed by atoms with Gasteiger partial charge in [0.2, 0.25) is 10.0 Å². The lowest BCUT2D eigenvalue weighted by Gasteiger charge is -2.18. The minimum atomic E-state index is -3.23. The van der Waals surface area contributed by atoms with Gasteiger partial charge in [0.1, 0.15) is 0 Å². The molecule has 1 fully saturated rings. The summed E-state index contributed by atoms with van der Waals surface area (Å²) in [6, 6.07) is 13.9. The molecule has 0 spiro atoms. The van der Waals surface area contributed by atoms with E-state index >= 15 is 0 Å².